The van der Waals surface area contributed by atoms with E-state index in [1.807, 2.05) is 0 Å². The minimum absolute atomic E-state index is 0. The van der Waals surface area contributed by atoms with Crippen LogP contribution in [0.25, 0.3) is 0 Å². The van der Waals surface area contributed by atoms with E-state index in [9.17, 15) is 19.2 Å². The van der Waals surface area contributed by atoms with Crippen molar-refractivity contribution in [1.29, 1.82) is 0 Å². The number of hydrogen-bond donors (Lipinski definition) is 2. The summed E-state index contributed by atoms with van der Waals surface area (Å²) >= 11 is 0. The summed E-state index contributed by atoms with van der Waals surface area (Å²) in [7, 11) is 0. The molecular weight excluding hydrogens is 352 g/mol. The molecule has 4 atom stereocenters. The van der Waals surface area contributed by atoms with Crippen molar-refractivity contribution in [3.8, 4) is 0 Å². The summed E-state index contributed by atoms with van der Waals surface area (Å²) in [5, 5.41) is 17.9. The van der Waals surface area contributed by atoms with Gasteiger partial charge in [0.1, 0.15) is 25.4 Å². The van der Waals surface area contributed by atoms with E-state index in [4.69, 9.17) is 19.7 Å². The molecule has 0 heterocycles. The van der Waals surface area contributed by atoms with E-state index < -0.39 is 48.3 Å². The fourth-order valence-electron chi connectivity index (χ4n) is 1.16. The van der Waals surface area contributed by atoms with E-state index in [-0.39, 0.29) is 28.1 Å². The van der Waals surface area contributed by atoms with Crippen molar-refractivity contribution >= 4 is 23.9 Å². The van der Waals surface area contributed by atoms with Crippen LogP contribution < -0.4 is 0 Å². The van der Waals surface area contributed by atoms with Crippen molar-refractivity contribution < 1.29 is 48.3 Å². The molecule has 0 rings (SSSR count). The molecule has 0 aromatic carbocycles. The number of ether oxygens (including phenoxy) is 4. The van der Waals surface area contributed by atoms with Gasteiger partial charge in [-0.25, -0.2) is 19.2 Å². The highest BCUT2D eigenvalue weighted by atomic mass is 16.6. The Hall–Kier alpha value is -2.20. The first-order chi connectivity index (χ1) is 11.1. The second-order valence-corrected chi connectivity index (χ2v) is 4.85. The van der Waals surface area contributed by atoms with Crippen molar-refractivity contribution in [1.82, 2.24) is 0 Å². The van der Waals surface area contributed by atoms with Crippen LogP contribution in [-0.2, 0) is 38.1 Å². The molecular formula is C16H30O10. The normalized spacial score (nSPS) is 14.2. The van der Waals surface area contributed by atoms with Crippen molar-refractivity contribution in [2.45, 2.75) is 67.0 Å². The fraction of sp³-hybridized carbons (Fsp3) is 0.750. The minimum Gasteiger partial charge on any atom is -0.459 e. The first-order valence-electron chi connectivity index (χ1n) is 7.16. The summed E-state index contributed by atoms with van der Waals surface area (Å²) in [6.45, 7) is 4.27. The largest absolute Gasteiger partial charge is 0.459 e. The maximum Gasteiger partial charge on any atom is 0.347 e. The van der Waals surface area contributed by atoms with Crippen molar-refractivity contribution in [2.24, 2.45) is 0 Å². The molecule has 0 saturated heterocycles. The summed E-state index contributed by atoms with van der Waals surface area (Å²) in [4.78, 5) is 45.1. The Labute approximate surface area is 153 Å². The van der Waals surface area contributed by atoms with Crippen molar-refractivity contribution in [3.63, 3.8) is 0 Å². The number of aliphatic hydroxyl groups is 2. The van der Waals surface area contributed by atoms with Gasteiger partial charge in [0.15, 0.2) is 12.2 Å². The predicted molar refractivity (Wildman–Crippen MR) is 89.8 cm³/mol. The van der Waals surface area contributed by atoms with Crippen LogP contribution in [0.3, 0.4) is 0 Å². The number of esters is 4. The van der Waals surface area contributed by atoms with Gasteiger partial charge in [-0.1, -0.05) is 14.9 Å². The van der Waals surface area contributed by atoms with Crippen LogP contribution in [0.4, 0.5) is 0 Å². The summed E-state index contributed by atoms with van der Waals surface area (Å²) < 4.78 is 18.6. The third-order valence-electron chi connectivity index (χ3n) is 2.50. The predicted octanol–water partition coefficient (Wildman–Crippen LogP) is -0.0300. The average Bonchev–Trinajstić information content (AvgIpc) is 2.50. The van der Waals surface area contributed by atoms with Crippen LogP contribution in [0.5, 0.6) is 0 Å². The second kappa shape index (κ2) is 14.0. The van der Waals surface area contributed by atoms with E-state index in [1.165, 1.54) is 27.7 Å². The smallest absolute Gasteiger partial charge is 0.347 e. The zero-order valence-corrected chi connectivity index (χ0v) is 13.9. The molecule has 0 amide bonds. The molecule has 0 aliphatic heterocycles. The summed E-state index contributed by atoms with van der Waals surface area (Å²) in [6, 6.07) is 0. The standard InChI is InChI=1S/C14H22O10.2CH4/c1-7(15)11(17)23-9(3)13(19)21-5-6-22-14(20)10(4)24-12(18)8(2)16;;/h7-10,15-16H,5-6H2,1-4H3;2*1H4. The number of aliphatic hydroxyl groups excluding tert-OH is 2. The maximum absolute atomic E-state index is 11.5. The number of rotatable bonds is 9. The van der Waals surface area contributed by atoms with E-state index in [2.05, 4.69) is 9.47 Å². The molecule has 10 nitrogen and oxygen atoms in total. The first kappa shape index (κ1) is 28.6. The molecule has 0 spiro atoms. The van der Waals surface area contributed by atoms with Gasteiger partial charge in [-0.2, -0.15) is 0 Å². The Morgan fingerprint density at radius 2 is 0.923 bits per heavy atom. The monoisotopic (exact) mass is 382 g/mol. The molecule has 0 aliphatic rings. The van der Waals surface area contributed by atoms with Gasteiger partial charge in [0, 0.05) is 0 Å². The molecule has 154 valence electrons. The van der Waals surface area contributed by atoms with Crippen LogP contribution in [0.1, 0.15) is 42.5 Å². The molecule has 0 bridgehead atoms. The summed E-state index contributed by atoms with van der Waals surface area (Å²) in [6.07, 6.45) is -5.19. The molecule has 0 radical (unpaired) electrons. The Balaban J connectivity index is -0.00000264. The van der Waals surface area contributed by atoms with Crippen LogP contribution >= 0.6 is 0 Å². The van der Waals surface area contributed by atoms with Crippen LogP contribution in [-0.4, -0.2) is 71.7 Å². The van der Waals surface area contributed by atoms with E-state index in [0.717, 1.165) is 0 Å². The number of carbonyl (C=O) groups is 4. The molecule has 0 aliphatic carbocycles. The molecule has 0 aromatic heterocycles. The van der Waals surface area contributed by atoms with Gasteiger partial charge in [-0.3, -0.25) is 0 Å². The zero-order chi connectivity index (χ0) is 18.9. The molecule has 0 fully saturated rings. The van der Waals surface area contributed by atoms with E-state index in [1.54, 1.807) is 0 Å². The maximum atomic E-state index is 11.5. The van der Waals surface area contributed by atoms with Crippen molar-refractivity contribution in [3.05, 3.63) is 0 Å². The first-order valence-corrected chi connectivity index (χ1v) is 7.16. The highest BCUT2D eigenvalue weighted by Crippen LogP contribution is 2.00. The number of carbonyl (C=O) groups excluding carboxylic acids is 4. The SMILES string of the molecule is C.C.CC(O)C(=O)OC(C)C(=O)OCCOC(=O)C(C)OC(=O)C(C)O. The average molecular weight is 382 g/mol. The Bertz CT molecular complexity index is 416. The quantitative estimate of drug-likeness (QED) is 0.316. The molecule has 10 heteroatoms. The van der Waals surface area contributed by atoms with E-state index >= 15 is 0 Å². The molecule has 0 aromatic rings. The van der Waals surface area contributed by atoms with Gasteiger partial charge in [-0.15, -0.1) is 0 Å². The second-order valence-electron chi connectivity index (χ2n) is 4.85. The molecule has 4 unspecified atom stereocenters. The van der Waals surface area contributed by atoms with Gasteiger partial charge in [-0.05, 0) is 27.7 Å². The third kappa shape index (κ3) is 11.4. The number of hydrogen-bond acceptors (Lipinski definition) is 10. The van der Waals surface area contributed by atoms with E-state index in [0.29, 0.717) is 0 Å². The third-order valence-corrected chi connectivity index (χ3v) is 2.50. The van der Waals surface area contributed by atoms with Gasteiger partial charge in [0.25, 0.3) is 0 Å². The van der Waals surface area contributed by atoms with Crippen molar-refractivity contribution in [2.75, 3.05) is 13.2 Å². The lowest BCUT2D eigenvalue weighted by Crippen LogP contribution is -2.32. The van der Waals surface area contributed by atoms with Crippen LogP contribution in [0.2, 0.25) is 0 Å². The Kier molecular flexibility index (Phi) is 15.4. The lowest BCUT2D eigenvalue weighted by Gasteiger charge is -2.15. The van der Waals surface area contributed by atoms with Gasteiger partial charge in [0.05, 0.1) is 0 Å². The molecule has 26 heavy (non-hydrogen) atoms. The molecule has 0 saturated carbocycles. The highest BCUT2D eigenvalue weighted by molar-refractivity contribution is 5.81. The summed E-state index contributed by atoms with van der Waals surface area (Å²) in [5.74, 6) is -3.71. The Morgan fingerprint density at radius 3 is 1.15 bits per heavy atom. The molecule has 2 N–H and O–H groups in total. The summed E-state index contributed by atoms with van der Waals surface area (Å²) in [5.41, 5.74) is 0. The van der Waals surface area contributed by atoms with Crippen LogP contribution in [0, 0.1) is 0 Å². The highest BCUT2D eigenvalue weighted by Gasteiger charge is 2.23. The van der Waals surface area contributed by atoms with Gasteiger partial charge in [0.2, 0.25) is 0 Å². The van der Waals surface area contributed by atoms with Crippen LogP contribution in [0.15, 0.2) is 0 Å². The fourth-order valence-corrected chi connectivity index (χ4v) is 1.16. The topological polar surface area (TPSA) is 146 Å². The van der Waals surface area contributed by atoms with Gasteiger partial charge >= 0.3 is 23.9 Å². The lowest BCUT2D eigenvalue weighted by molar-refractivity contribution is -0.175. The lowest BCUT2D eigenvalue weighted by atomic mass is 10.4. The zero-order valence-electron chi connectivity index (χ0n) is 13.9. The Morgan fingerprint density at radius 1 is 0.654 bits per heavy atom. The van der Waals surface area contributed by atoms with Gasteiger partial charge < -0.3 is 29.2 Å². The minimum atomic E-state index is -1.37.